The van der Waals surface area contributed by atoms with Crippen molar-refractivity contribution in [1.82, 2.24) is 10.2 Å². The van der Waals surface area contributed by atoms with E-state index in [2.05, 4.69) is 61.3 Å². The van der Waals surface area contributed by atoms with E-state index in [1.807, 2.05) is 0 Å². The molecular formula is C17H28N2O. The summed E-state index contributed by atoms with van der Waals surface area (Å²) in [5, 5.41) is 3.77. The lowest BCUT2D eigenvalue weighted by Gasteiger charge is -2.34. The normalized spacial score (nSPS) is 18.9. The Hall–Kier alpha value is -0.900. The lowest BCUT2D eigenvalue weighted by molar-refractivity contribution is 0.0322. The quantitative estimate of drug-likeness (QED) is 0.893. The molecule has 0 spiro atoms. The van der Waals surface area contributed by atoms with Crippen LogP contribution in [0.3, 0.4) is 0 Å². The van der Waals surface area contributed by atoms with Gasteiger partial charge in [0.1, 0.15) is 0 Å². The van der Waals surface area contributed by atoms with Gasteiger partial charge < -0.3 is 10.1 Å². The summed E-state index contributed by atoms with van der Waals surface area (Å²) in [6, 6.07) is 11.2. The summed E-state index contributed by atoms with van der Waals surface area (Å²) >= 11 is 0. The van der Waals surface area contributed by atoms with Gasteiger partial charge in [0, 0.05) is 31.2 Å². The summed E-state index contributed by atoms with van der Waals surface area (Å²) in [6.07, 6.45) is 1.08. The molecule has 1 atom stereocenters. The Morgan fingerprint density at radius 1 is 1.15 bits per heavy atom. The van der Waals surface area contributed by atoms with Crippen molar-refractivity contribution in [3.63, 3.8) is 0 Å². The van der Waals surface area contributed by atoms with Gasteiger partial charge >= 0.3 is 0 Å². The molecule has 3 nitrogen and oxygen atoms in total. The largest absolute Gasteiger partial charge is 0.379 e. The molecule has 0 radical (unpaired) electrons. The Kier molecular flexibility index (Phi) is 5.58. The number of nitrogens with one attached hydrogen (secondary N) is 1. The Balaban J connectivity index is 1.96. The summed E-state index contributed by atoms with van der Waals surface area (Å²) < 4.78 is 5.44. The second-order valence-electron chi connectivity index (χ2n) is 6.69. The summed E-state index contributed by atoms with van der Waals surface area (Å²) in [6.45, 7) is 11.7. The third-order valence-corrected chi connectivity index (χ3v) is 3.54. The Morgan fingerprint density at radius 2 is 1.80 bits per heavy atom. The zero-order valence-electron chi connectivity index (χ0n) is 13.1. The minimum Gasteiger partial charge on any atom is -0.379 e. The van der Waals surface area contributed by atoms with E-state index >= 15 is 0 Å². The SMILES string of the molecule is CC(C)(C)N[C@@H](Cc1ccccc1)CN1CCOCC1. The molecule has 1 saturated heterocycles. The molecule has 1 aliphatic rings. The van der Waals surface area contributed by atoms with Crippen molar-refractivity contribution >= 4 is 0 Å². The van der Waals surface area contributed by atoms with Crippen molar-refractivity contribution in [1.29, 1.82) is 0 Å². The zero-order valence-corrected chi connectivity index (χ0v) is 13.1. The van der Waals surface area contributed by atoms with Gasteiger partial charge in [-0.3, -0.25) is 4.90 Å². The molecule has 1 N–H and O–H groups in total. The van der Waals surface area contributed by atoms with Crippen molar-refractivity contribution in [3.8, 4) is 0 Å². The lowest BCUT2D eigenvalue weighted by atomic mass is 10.0. The number of hydrogen-bond donors (Lipinski definition) is 1. The van der Waals surface area contributed by atoms with Gasteiger partial charge in [-0.05, 0) is 32.8 Å². The number of nitrogens with zero attached hydrogens (tertiary/aromatic N) is 1. The molecule has 3 heteroatoms. The first kappa shape index (κ1) is 15.5. The molecule has 0 aliphatic carbocycles. The maximum absolute atomic E-state index is 5.44. The van der Waals surface area contributed by atoms with Crippen LogP contribution >= 0.6 is 0 Å². The molecule has 1 fully saturated rings. The third kappa shape index (κ3) is 5.61. The fraction of sp³-hybridized carbons (Fsp3) is 0.647. The number of benzene rings is 1. The van der Waals surface area contributed by atoms with Crippen molar-refractivity contribution in [2.75, 3.05) is 32.8 Å². The van der Waals surface area contributed by atoms with Crippen LogP contribution in [0.25, 0.3) is 0 Å². The molecule has 0 unspecified atom stereocenters. The molecule has 0 bridgehead atoms. The monoisotopic (exact) mass is 276 g/mol. The molecule has 0 saturated carbocycles. The minimum absolute atomic E-state index is 0.145. The molecule has 1 aliphatic heterocycles. The Labute approximate surface area is 123 Å². The summed E-state index contributed by atoms with van der Waals surface area (Å²) in [5.74, 6) is 0. The van der Waals surface area contributed by atoms with Gasteiger partial charge in [0.05, 0.1) is 13.2 Å². The number of hydrogen-bond acceptors (Lipinski definition) is 3. The van der Waals surface area contributed by atoms with E-state index in [1.165, 1.54) is 5.56 Å². The average molecular weight is 276 g/mol. The second-order valence-corrected chi connectivity index (χ2v) is 6.69. The van der Waals surface area contributed by atoms with E-state index in [0.717, 1.165) is 39.3 Å². The summed E-state index contributed by atoms with van der Waals surface area (Å²) in [7, 11) is 0. The molecule has 112 valence electrons. The number of morpholine rings is 1. The van der Waals surface area contributed by atoms with Crippen LogP contribution in [0.15, 0.2) is 30.3 Å². The maximum Gasteiger partial charge on any atom is 0.0594 e. The van der Waals surface area contributed by atoms with Crippen LogP contribution in [0, 0.1) is 0 Å². The van der Waals surface area contributed by atoms with E-state index in [9.17, 15) is 0 Å². The number of rotatable bonds is 5. The zero-order chi connectivity index (χ0) is 14.4. The molecular weight excluding hydrogens is 248 g/mol. The fourth-order valence-electron chi connectivity index (χ4n) is 2.77. The van der Waals surface area contributed by atoms with E-state index in [-0.39, 0.29) is 5.54 Å². The molecule has 1 aromatic rings. The van der Waals surface area contributed by atoms with Crippen molar-refractivity contribution in [2.24, 2.45) is 0 Å². The van der Waals surface area contributed by atoms with Crippen molar-refractivity contribution in [2.45, 2.75) is 38.8 Å². The van der Waals surface area contributed by atoms with Crippen molar-refractivity contribution < 1.29 is 4.74 Å². The van der Waals surface area contributed by atoms with Gasteiger partial charge in [-0.2, -0.15) is 0 Å². The van der Waals surface area contributed by atoms with Crippen LogP contribution in [0.2, 0.25) is 0 Å². The van der Waals surface area contributed by atoms with Gasteiger partial charge in [0.2, 0.25) is 0 Å². The van der Waals surface area contributed by atoms with E-state index in [4.69, 9.17) is 4.74 Å². The maximum atomic E-state index is 5.44. The molecule has 1 aromatic carbocycles. The highest BCUT2D eigenvalue weighted by atomic mass is 16.5. The minimum atomic E-state index is 0.145. The van der Waals surface area contributed by atoms with E-state index < -0.39 is 0 Å². The fourth-order valence-corrected chi connectivity index (χ4v) is 2.77. The molecule has 20 heavy (non-hydrogen) atoms. The van der Waals surface area contributed by atoms with Crippen LogP contribution < -0.4 is 5.32 Å². The van der Waals surface area contributed by atoms with Crippen LogP contribution in [-0.4, -0.2) is 49.3 Å². The van der Waals surface area contributed by atoms with Crippen molar-refractivity contribution in [3.05, 3.63) is 35.9 Å². The van der Waals surface area contributed by atoms with Crippen LogP contribution in [-0.2, 0) is 11.2 Å². The molecule has 0 amide bonds. The third-order valence-electron chi connectivity index (χ3n) is 3.54. The Morgan fingerprint density at radius 3 is 2.40 bits per heavy atom. The highest BCUT2D eigenvalue weighted by Gasteiger charge is 2.21. The van der Waals surface area contributed by atoms with Gasteiger partial charge in [-0.15, -0.1) is 0 Å². The first-order chi connectivity index (χ1) is 9.53. The van der Waals surface area contributed by atoms with E-state index in [0.29, 0.717) is 6.04 Å². The average Bonchev–Trinajstić information content (AvgIpc) is 2.39. The predicted molar refractivity (Wildman–Crippen MR) is 84.1 cm³/mol. The smallest absolute Gasteiger partial charge is 0.0594 e. The van der Waals surface area contributed by atoms with Gasteiger partial charge in [-0.25, -0.2) is 0 Å². The Bertz CT molecular complexity index is 380. The van der Waals surface area contributed by atoms with Crippen LogP contribution in [0.1, 0.15) is 26.3 Å². The second kappa shape index (κ2) is 7.21. The first-order valence-corrected chi connectivity index (χ1v) is 7.65. The topological polar surface area (TPSA) is 24.5 Å². The van der Waals surface area contributed by atoms with E-state index in [1.54, 1.807) is 0 Å². The highest BCUT2D eigenvalue weighted by molar-refractivity contribution is 5.16. The molecule has 0 aromatic heterocycles. The summed E-state index contributed by atoms with van der Waals surface area (Å²) in [4.78, 5) is 2.51. The lowest BCUT2D eigenvalue weighted by Crippen LogP contribution is -2.52. The highest BCUT2D eigenvalue weighted by Crippen LogP contribution is 2.10. The predicted octanol–water partition coefficient (Wildman–Crippen LogP) is 2.32. The van der Waals surface area contributed by atoms with Gasteiger partial charge in [0.25, 0.3) is 0 Å². The first-order valence-electron chi connectivity index (χ1n) is 7.65. The van der Waals surface area contributed by atoms with Crippen LogP contribution in [0.4, 0.5) is 0 Å². The van der Waals surface area contributed by atoms with Crippen LogP contribution in [0.5, 0.6) is 0 Å². The van der Waals surface area contributed by atoms with Gasteiger partial charge in [-0.1, -0.05) is 30.3 Å². The molecule has 2 rings (SSSR count). The number of ether oxygens (including phenoxy) is 1. The molecule has 1 heterocycles. The summed E-state index contributed by atoms with van der Waals surface area (Å²) in [5.41, 5.74) is 1.55. The van der Waals surface area contributed by atoms with Gasteiger partial charge in [0.15, 0.2) is 0 Å². The standard InChI is InChI=1S/C17H28N2O/c1-17(2,3)18-16(13-15-7-5-4-6-8-15)14-19-9-11-20-12-10-19/h4-8,16,18H,9-14H2,1-3H3/t16-/m0/s1.